The summed E-state index contributed by atoms with van der Waals surface area (Å²) in [6.07, 6.45) is 2.80. The number of nitrogens with zero attached hydrogens (tertiary/aromatic N) is 3. The largest absolute Gasteiger partial charge is 0.543 e. The summed E-state index contributed by atoms with van der Waals surface area (Å²) in [6, 6.07) is 20.3. The molecule has 5 heteroatoms. The molecule has 0 unspecified atom stereocenters. The Morgan fingerprint density at radius 1 is 1.00 bits per heavy atom. The Morgan fingerprint density at radius 2 is 1.69 bits per heavy atom. The molecule has 0 spiro atoms. The molecule has 35 heavy (non-hydrogen) atoms. The van der Waals surface area contributed by atoms with Crippen LogP contribution >= 0.6 is 0 Å². The van der Waals surface area contributed by atoms with Gasteiger partial charge in [0.2, 0.25) is 8.32 Å². The zero-order valence-corrected chi connectivity index (χ0v) is 23.7. The second-order valence-electron chi connectivity index (χ2n) is 12.4. The molecule has 0 radical (unpaired) electrons. The molecule has 4 rings (SSSR count). The molecule has 188 valence electrons. The maximum atomic E-state index is 9.35. The van der Waals surface area contributed by atoms with Crippen molar-refractivity contribution >= 4 is 8.32 Å². The van der Waals surface area contributed by atoms with Crippen LogP contribution in [-0.2, 0) is 0 Å². The summed E-state index contributed by atoms with van der Waals surface area (Å²) in [7, 11) is -1.93. The highest BCUT2D eigenvalue weighted by molar-refractivity contribution is 6.74. The Morgan fingerprint density at radius 3 is 2.29 bits per heavy atom. The molecule has 0 N–H and O–H groups in total. The van der Waals surface area contributed by atoms with E-state index in [9.17, 15) is 5.26 Å². The minimum Gasteiger partial charge on any atom is -0.543 e. The van der Waals surface area contributed by atoms with Gasteiger partial charge in [0.25, 0.3) is 0 Å². The van der Waals surface area contributed by atoms with Gasteiger partial charge in [0.05, 0.1) is 17.7 Å². The van der Waals surface area contributed by atoms with Crippen LogP contribution in [0.4, 0.5) is 0 Å². The number of rotatable bonds is 7. The first kappa shape index (κ1) is 25.9. The normalized spacial score (nSPS) is 23.0. The molecular formula is C30H43N3OSi. The lowest BCUT2D eigenvalue weighted by Gasteiger charge is -2.48. The molecule has 4 nitrogen and oxygen atoms in total. The van der Waals surface area contributed by atoms with Crippen LogP contribution < -0.4 is 4.43 Å². The van der Waals surface area contributed by atoms with Gasteiger partial charge in [-0.1, -0.05) is 45.0 Å². The maximum absolute atomic E-state index is 9.35. The quantitative estimate of drug-likeness (QED) is 0.399. The molecule has 1 saturated heterocycles. The second kappa shape index (κ2) is 10.1. The van der Waals surface area contributed by atoms with E-state index in [1.54, 1.807) is 0 Å². The molecule has 0 amide bonds. The van der Waals surface area contributed by atoms with Crippen molar-refractivity contribution in [3.05, 3.63) is 65.2 Å². The highest BCUT2D eigenvalue weighted by Gasteiger charge is 2.40. The van der Waals surface area contributed by atoms with E-state index >= 15 is 0 Å². The third-order valence-electron chi connectivity index (χ3n) is 8.39. The van der Waals surface area contributed by atoms with Gasteiger partial charge in [-0.25, -0.2) is 0 Å². The average Bonchev–Trinajstić information content (AvgIpc) is 3.61. The molecule has 2 aromatic rings. The zero-order valence-electron chi connectivity index (χ0n) is 22.7. The summed E-state index contributed by atoms with van der Waals surface area (Å²) in [5.74, 6) is 1.88. The number of nitriles is 1. The molecule has 3 atom stereocenters. The fraction of sp³-hybridized carbons (Fsp3) is 0.567. The fourth-order valence-corrected chi connectivity index (χ4v) is 6.00. The van der Waals surface area contributed by atoms with E-state index in [4.69, 9.17) is 4.43 Å². The molecule has 1 heterocycles. The molecule has 0 aromatic heterocycles. The van der Waals surface area contributed by atoms with E-state index in [0.717, 1.165) is 24.8 Å². The van der Waals surface area contributed by atoms with Crippen molar-refractivity contribution in [3.63, 3.8) is 0 Å². The summed E-state index contributed by atoms with van der Waals surface area (Å²) in [5.41, 5.74) is 3.21. The average molecular weight is 490 g/mol. The summed E-state index contributed by atoms with van der Waals surface area (Å²) in [5, 5.41) is 9.50. The van der Waals surface area contributed by atoms with Crippen LogP contribution in [0.3, 0.4) is 0 Å². The molecule has 1 aliphatic heterocycles. The van der Waals surface area contributed by atoms with Crippen LogP contribution in [-0.4, -0.2) is 49.8 Å². The van der Waals surface area contributed by atoms with Crippen molar-refractivity contribution in [2.45, 2.75) is 83.7 Å². The first-order valence-electron chi connectivity index (χ1n) is 13.3. The lowest BCUT2D eigenvalue weighted by atomic mass is 9.93. The van der Waals surface area contributed by atoms with Gasteiger partial charge in [-0.3, -0.25) is 9.80 Å². The topological polar surface area (TPSA) is 39.5 Å². The van der Waals surface area contributed by atoms with Gasteiger partial charge in [-0.05, 0) is 86.1 Å². The second-order valence-corrected chi connectivity index (χ2v) is 17.1. The summed E-state index contributed by atoms with van der Waals surface area (Å²) >= 11 is 0. The number of benzene rings is 2. The first-order valence-corrected chi connectivity index (χ1v) is 16.2. The zero-order chi connectivity index (χ0) is 25.4. The Bertz CT molecular complexity index is 1050. The Kier molecular flexibility index (Phi) is 7.48. The molecule has 1 aliphatic carbocycles. The predicted octanol–water partition coefficient (Wildman–Crippen LogP) is 6.84. The standard InChI is InChI=1S/C30H43N3OSi/c1-22-20-33(23(2)19-32(22)21-25-11-12-25)29(26-15-13-24(18-31)14-16-26)27-9-8-10-28(17-27)34-35(6,7)30(3,4)5/h8-10,13-17,22-23,25,29H,11-12,19-21H2,1-7H3/t22-,23+,29-/m1/s1. The van der Waals surface area contributed by atoms with Crippen molar-refractivity contribution < 1.29 is 4.43 Å². The summed E-state index contributed by atoms with van der Waals surface area (Å²) in [6.45, 7) is 19.6. The van der Waals surface area contributed by atoms with Crippen LogP contribution in [0.2, 0.25) is 18.1 Å². The van der Waals surface area contributed by atoms with Crippen LogP contribution in [0, 0.1) is 17.2 Å². The van der Waals surface area contributed by atoms with Crippen molar-refractivity contribution in [2.75, 3.05) is 19.6 Å². The molecule has 1 saturated carbocycles. The van der Waals surface area contributed by atoms with Crippen molar-refractivity contribution in [3.8, 4) is 11.8 Å². The summed E-state index contributed by atoms with van der Waals surface area (Å²) in [4.78, 5) is 5.37. The van der Waals surface area contributed by atoms with Crippen LogP contribution in [0.5, 0.6) is 5.75 Å². The van der Waals surface area contributed by atoms with Crippen LogP contribution in [0.1, 0.15) is 70.2 Å². The Hall–Kier alpha value is -2.13. The molecule has 0 bridgehead atoms. The lowest BCUT2D eigenvalue weighted by molar-refractivity contribution is 0.0216. The van der Waals surface area contributed by atoms with Crippen molar-refractivity contribution in [1.29, 1.82) is 5.26 Å². The fourth-order valence-electron chi connectivity index (χ4n) is 4.98. The minimum absolute atomic E-state index is 0.131. The van der Waals surface area contributed by atoms with Gasteiger partial charge in [-0.15, -0.1) is 0 Å². The first-order chi connectivity index (χ1) is 16.5. The maximum Gasteiger partial charge on any atom is 0.250 e. The molecule has 2 aromatic carbocycles. The third kappa shape index (κ3) is 5.99. The van der Waals surface area contributed by atoms with E-state index in [2.05, 4.69) is 100.0 Å². The van der Waals surface area contributed by atoms with Gasteiger partial charge >= 0.3 is 0 Å². The van der Waals surface area contributed by atoms with Crippen LogP contribution in [0.15, 0.2) is 48.5 Å². The Balaban J connectivity index is 1.67. The van der Waals surface area contributed by atoms with Gasteiger partial charge in [-0.2, -0.15) is 5.26 Å². The van der Waals surface area contributed by atoms with Crippen molar-refractivity contribution in [2.24, 2.45) is 5.92 Å². The van der Waals surface area contributed by atoms with E-state index in [1.807, 2.05) is 12.1 Å². The van der Waals surface area contributed by atoms with E-state index in [0.29, 0.717) is 17.6 Å². The monoisotopic (exact) mass is 489 g/mol. The number of hydrogen-bond donors (Lipinski definition) is 0. The van der Waals surface area contributed by atoms with Gasteiger partial charge in [0.1, 0.15) is 5.75 Å². The van der Waals surface area contributed by atoms with Gasteiger partial charge < -0.3 is 4.43 Å². The lowest BCUT2D eigenvalue weighted by Crippen LogP contribution is -2.57. The van der Waals surface area contributed by atoms with E-state index in [-0.39, 0.29) is 11.1 Å². The molecule has 2 fully saturated rings. The van der Waals surface area contributed by atoms with Gasteiger partial charge in [0, 0.05) is 31.7 Å². The van der Waals surface area contributed by atoms with E-state index < -0.39 is 8.32 Å². The van der Waals surface area contributed by atoms with Gasteiger partial charge in [0.15, 0.2) is 0 Å². The number of hydrogen-bond acceptors (Lipinski definition) is 4. The highest BCUT2D eigenvalue weighted by Crippen LogP contribution is 2.40. The summed E-state index contributed by atoms with van der Waals surface area (Å²) < 4.78 is 6.70. The minimum atomic E-state index is -1.93. The van der Waals surface area contributed by atoms with Crippen molar-refractivity contribution in [1.82, 2.24) is 9.80 Å². The van der Waals surface area contributed by atoms with Crippen LogP contribution in [0.25, 0.3) is 0 Å². The molecule has 2 aliphatic rings. The third-order valence-corrected chi connectivity index (χ3v) is 12.8. The SMILES string of the molecule is C[C@@H]1CN([C@H](c2ccc(C#N)cc2)c2cccc(O[Si](C)(C)C(C)(C)C)c2)[C@@H](C)CN1CC1CC1. The highest BCUT2D eigenvalue weighted by atomic mass is 28.4. The smallest absolute Gasteiger partial charge is 0.250 e. The molecular weight excluding hydrogens is 446 g/mol. The Labute approximate surface area is 214 Å². The van der Waals surface area contributed by atoms with E-state index in [1.165, 1.54) is 30.5 Å². The number of piperazine rings is 1. The predicted molar refractivity (Wildman–Crippen MR) is 147 cm³/mol.